The summed E-state index contributed by atoms with van der Waals surface area (Å²) in [6, 6.07) is 3.62. The van der Waals surface area contributed by atoms with Crippen molar-refractivity contribution < 1.29 is 17.9 Å². The van der Waals surface area contributed by atoms with Crippen molar-refractivity contribution in [2.24, 2.45) is 0 Å². The fraction of sp³-hybridized carbons (Fsp3) is 0.533. The lowest BCUT2D eigenvalue weighted by atomic mass is 10.1. The van der Waals surface area contributed by atoms with Crippen molar-refractivity contribution in [2.45, 2.75) is 18.9 Å². The predicted molar refractivity (Wildman–Crippen MR) is 95.9 cm³/mol. The monoisotopic (exact) mass is 371 g/mol. The number of nitrogens with one attached hydrogen (secondary N) is 1. The summed E-state index contributed by atoms with van der Waals surface area (Å²) in [5, 5.41) is 0.854. The van der Waals surface area contributed by atoms with Crippen LogP contribution in [0.4, 0.5) is 5.13 Å². The van der Waals surface area contributed by atoms with Crippen LogP contribution in [0.5, 0.6) is 11.5 Å². The molecule has 1 N–H and O–H groups in total. The first-order chi connectivity index (χ1) is 11.4. The minimum absolute atomic E-state index is 0.0930. The maximum Gasteiger partial charge on any atom is 0.209 e. The summed E-state index contributed by atoms with van der Waals surface area (Å²) in [6.45, 7) is 1.46. The molecule has 1 atom stereocenters. The summed E-state index contributed by atoms with van der Waals surface area (Å²) in [4.78, 5) is 6.83. The SMILES string of the molecule is COc1ccc(OC)c2sc(N3CCCC(NS(C)(=O)=O)C3)nc12. The van der Waals surface area contributed by atoms with E-state index in [-0.39, 0.29) is 6.04 Å². The lowest BCUT2D eigenvalue weighted by molar-refractivity contribution is 0.410. The third-order valence-corrected chi connectivity index (χ3v) is 5.86. The van der Waals surface area contributed by atoms with Crippen LogP contribution in [0.2, 0.25) is 0 Å². The van der Waals surface area contributed by atoms with Crippen molar-refractivity contribution in [3.8, 4) is 11.5 Å². The van der Waals surface area contributed by atoms with Crippen molar-refractivity contribution in [1.82, 2.24) is 9.71 Å². The van der Waals surface area contributed by atoms with Gasteiger partial charge in [-0.1, -0.05) is 11.3 Å². The van der Waals surface area contributed by atoms with Crippen LogP contribution in [0.25, 0.3) is 10.2 Å². The standard InChI is InChI=1S/C15H21N3O4S2/c1-21-11-6-7-12(22-2)14-13(11)16-15(23-14)18-8-4-5-10(9-18)17-24(3,19)20/h6-7,10,17H,4-5,8-9H2,1-3H3. The number of anilines is 1. The molecule has 0 spiro atoms. The first-order valence-electron chi connectivity index (χ1n) is 7.65. The number of hydrogen-bond acceptors (Lipinski definition) is 7. The van der Waals surface area contributed by atoms with Crippen molar-refractivity contribution in [1.29, 1.82) is 0 Å². The molecule has 7 nitrogen and oxygen atoms in total. The first-order valence-corrected chi connectivity index (χ1v) is 10.4. The Morgan fingerprint density at radius 3 is 2.67 bits per heavy atom. The zero-order valence-electron chi connectivity index (χ0n) is 13.9. The van der Waals surface area contributed by atoms with Gasteiger partial charge in [0.05, 0.1) is 20.5 Å². The molecule has 1 aliphatic heterocycles. The van der Waals surface area contributed by atoms with E-state index in [1.54, 1.807) is 14.2 Å². The van der Waals surface area contributed by atoms with Crippen LogP contribution in [-0.2, 0) is 10.0 Å². The van der Waals surface area contributed by atoms with Gasteiger partial charge in [0.2, 0.25) is 10.0 Å². The maximum absolute atomic E-state index is 11.5. The summed E-state index contributed by atoms with van der Waals surface area (Å²) in [7, 11) is 0.0418. The smallest absolute Gasteiger partial charge is 0.209 e. The minimum atomic E-state index is -3.21. The van der Waals surface area contributed by atoms with Gasteiger partial charge in [0.25, 0.3) is 0 Å². The summed E-state index contributed by atoms with van der Waals surface area (Å²) in [5.41, 5.74) is 0.773. The third-order valence-electron chi connectivity index (χ3n) is 3.97. The number of hydrogen-bond donors (Lipinski definition) is 1. The fourth-order valence-corrected chi connectivity index (χ4v) is 4.87. The molecule has 0 aliphatic carbocycles. The minimum Gasteiger partial charge on any atom is -0.495 e. The molecule has 24 heavy (non-hydrogen) atoms. The van der Waals surface area contributed by atoms with E-state index in [0.29, 0.717) is 12.3 Å². The second kappa shape index (κ2) is 6.73. The number of ether oxygens (including phenoxy) is 2. The summed E-state index contributed by atoms with van der Waals surface area (Å²) >= 11 is 1.54. The van der Waals surface area contributed by atoms with Crippen LogP contribution < -0.4 is 19.1 Å². The van der Waals surface area contributed by atoms with E-state index in [1.165, 1.54) is 17.6 Å². The van der Waals surface area contributed by atoms with Crippen molar-refractivity contribution in [3.63, 3.8) is 0 Å². The van der Waals surface area contributed by atoms with Crippen LogP contribution in [0.3, 0.4) is 0 Å². The molecule has 0 radical (unpaired) electrons. The number of benzene rings is 1. The van der Waals surface area contributed by atoms with Gasteiger partial charge in [-0.25, -0.2) is 18.1 Å². The Labute approximate surface area is 145 Å². The van der Waals surface area contributed by atoms with Gasteiger partial charge in [0, 0.05) is 19.1 Å². The Balaban J connectivity index is 1.91. The third kappa shape index (κ3) is 3.57. The van der Waals surface area contributed by atoms with Gasteiger partial charge in [-0.15, -0.1) is 0 Å². The van der Waals surface area contributed by atoms with E-state index < -0.39 is 10.0 Å². The summed E-state index contributed by atoms with van der Waals surface area (Å²) in [6.07, 6.45) is 2.94. The number of rotatable bonds is 5. The number of piperidine rings is 1. The molecule has 1 aromatic carbocycles. The highest BCUT2D eigenvalue weighted by Crippen LogP contribution is 2.40. The van der Waals surface area contributed by atoms with Gasteiger partial charge >= 0.3 is 0 Å². The van der Waals surface area contributed by atoms with E-state index in [0.717, 1.165) is 40.5 Å². The Morgan fingerprint density at radius 2 is 2.00 bits per heavy atom. The average molecular weight is 371 g/mol. The van der Waals surface area contributed by atoms with Gasteiger partial charge in [-0.2, -0.15) is 0 Å². The van der Waals surface area contributed by atoms with Gasteiger partial charge in [0.15, 0.2) is 5.13 Å². The molecular weight excluding hydrogens is 350 g/mol. The highest BCUT2D eigenvalue weighted by molar-refractivity contribution is 7.88. The van der Waals surface area contributed by atoms with Gasteiger partial charge in [-0.3, -0.25) is 0 Å². The first kappa shape index (κ1) is 17.2. The number of fused-ring (bicyclic) bond motifs is 1. The molecule has 2 heterocycles. The Morgan fingerprint density at radius 1 is 1.29 bits per heavy atom. The quantitative estimate of drug-likeness (QED) is 0.864. The second-order valence-electron chi connectivity index (χ2n) is 5.82. The zero-order chi connectivity index (χ0) is 17.3. The highest BCUT2D eigenvalue weighted by Gasteiger charge is 2.25. The van der Waals surface area contributed by atoms with Gasteiger partial charge in [0.1, 0.15) is 21.7 Å². The van der Waals surface area contributed by atoms with Crippen molar-refractivity contribution in [2.75, 3.05) is 38.5 Å². The van der Waals surface area contributed by atoms with Gasteiger partial charge < -0.3 is 14.4 Å². The molecule has 1 aliphatic rings. The summed E-state index contributed by atoms with van der Waals surface area (Å²) < 4.78 is 37.4. The molecule has 0 bridgehead atoms. The van der Waals surface area contributed by atoms with Crippen molar-refractivity contribution >= 4 is 36.7 Å². The van der Waals surface area contributed by atoms with E-state index in [1.807, 2.05) is 12.1 Å². The fourth-order valence-electron chi connectivity index (χ4n) is 2.96. The molecule has 9 heteroatoms. The number of aromatic nitrogens is 1. The van der Waals surface area contributed by atoms with Crippen LogP contribution in [0.15, 0.2) is 12.1 Å². The highest BCUT2D eigenvalue weighted by atomic mass is 32.2. The van der Waals surface area contributed by atoms with E-state index >= 15 is 0 Å². The maximum atomic E-state index is 11.5. The van der Waals surface area contributed by atoms with E-state index in [4.69, 9.17) is 14.5 Å². The van der Waals surface area contributed by atoms with E-state index in [9.17, 15) is 8.42 Å². The molecule has 0 amide bonds. The predicted octanol–water partition coefficient (Wildman–Crippen LogP) is 1.83. The molecule has 1 aromatic heterocycles. The van der Waals surface area contributed by atoms with Crippen LogP contribution >= 0.6 is 11.3 Å². The molecule has 2 aromatic rings. The molecule has 0 saturated carbocycles. The van der Waals surface area contributed by atoms with Gasteiger partial charge in [-0.05, 0) is 25.0 Å². The topological polar surface area (TPSA) is 80.8 Å². The van der Waals surface area contributed by atoms with Crippen LogP contribution in [0.1, 0.15) is 12.8 Å². The van der Waals surface area contributed by atoms with Crippen LogP contribution in [0, 0.1) is 0 Å². The molecule has 1 fully saturated rings. The Hall–Kier alpha value is -1.58. The average Bonchev–Trinajstić information content (AvgIpc) is 2.98. The Kier molecular flexibility index (Phi) is 4.84. The number of methoxy groups -OCH3 is 2. The van der Waals surface area contributed by atoms with Crippen molar-refractivity contribution in [3.05, 3.63) is 12.1 Å². The number of thiazole rings is 1. The number of sulfonamides is 1. The largest absolute Gasteiger partial charge is 0.495 e. The normalized spacial score (nSPS) is 18.8. The molecule has 1 saturated heterocycles. The molecule has 3 rings (SSSR count). The lowest BCUT2D eigenvalue weighted by Crippen LogP contribution is -2.47. The zero-order valence-corrected chi connectivity index (χ0v) is 15.5. The lowest BCUT2D eigenvalue weighted by Gasteiger charge is -2.32. The molecular formula is C15H21N3O4S2. The van der Waals surface area contributed by atoms with E-state index in [2.05, 4.69) is 9.62 Å². The van der Waals surface area contributed by atoms with Crippen LogP contribution in [-0.4, -0.2) is 53.0 Å². The number of nitrogens with zero attached hydrogens (tertiary/aromatic N) is 2. The molecule has 1 unspecified atom stereocenters. The summed E-state index contributed by atoms with van der Waals surface area (Å²) in [5.74, 6) is 1.47. The second-order valence-corrected chi connectivity index (χ2v) is 8.58. The Bertz CT molecular complexity index is 794. The molecule has 132 valence electrons.